The number of hydrogen-bond acceptors (Lipinski definition) is 1. The molecule has 0 saturated carbocycles. The Balaban J connectivity index is 0.000000146. The molecular weight excluding hydrogens is 172 g/mol. The molecule has 0 fully saturated rings. The van der Waals surface area contributed by atoms with Crippen LogP contribution in [0.4, 0.5) is 0 Å². The number of nitrogens with zero attached hydrogens (tertiary/aromatic N) is 2. The fourth-order valence-corrected chi connectivity index (χ4v) is 1.04. The first-order valence-corrected chi connectivity index (χ1v) is 4.78. The molecule has 0 atom stereocenters. The highest BCUT2D eigenvalue weighted by molar-refractivity contribution is 5.13. The van der Waals surface area contributed by atoms with Crippen molar-refractivity contribution < 1.29 is 0 Å². The molecular formula is C12H16N2. The number of aryl methyl sites for hydroxylation is 2. The maximum atomic E-state index is 3.78. The van der Waals surface area contributed by atoms with Crippen LogP contribution in [0.1, 0.15) is 12.5 Å². The monoisotopic (exact) mass is 188 g/mol. The summed E-state index contributed by atoms with van der Waals surface area (Å²) in [6, 6.07) is 10.5. The topological polar surface area (TPSA) is 17.8 Å². The molecule has 1 heterocycles. The first-order chi connectivity index (χ1) is 6.83. The van der Waals surface area contributed by atoms with Crippen LogP contribution >= 0.6 is 0 Å². The second-order valence-corrected chi connectivity index (χ2v) is 3.07. The highest BCUT2D eigenvalue weighted by atomic mass is 15.0. The van der Waals surface area contributed by atoms with Crippen LogP contribution in [0.2, 0.25) is 0 Å². The van der Waals surface area contributed by atoms with Crippen molar-refractivity contribution in [1.29, 1.82) is 0 Å². The van der Waals surface area contributed by atoms with Gasteiger partial charge in [0.15, 0.2) is 0 Å². The summed E-state index contributed by atoms with van der Waals surface area (Å²) in [5, 5.41) is 0. The van der Waals surface area contributed by atoms with Gasteiger partial charge in [-0.25, -0.2) is 4.98 Å². The van der Waals surface area contributed by atoms with Gasteiger partial charge in [0.05, 0.1) is 6.33 Å². The van der Waals surface area contributed by atoms with Gasteiger partial charge < -0.3 is 4.57 Å². The van der Waals surface area contributed by atoms with Crippen LogP contribution in [-0.4, -0.2) is 9.55 Å². The maximum absolute atomic E-state index is 3.78. The second kappa shape index (κ2) is 5.97. The zero-order valence-corrected chi connectivity index (χ0v) is 8.72. The van der Waals surface area contributed by atoms with E-state index in [1.54, 1.807) is 12.5 Å². The van der Waals surface area contributed by atoms with Crippen LogP contribution in [0.5, 0.6) is 0 Å². The smallest absolute Gasteiger partial charge is 0.0943 e. The van der Waals surface area contributed by atoms with E-state index in [0.29, 0.717) is 0 Å². The predicted octanol–water partition coefficient (Wildman–Crippen LogP) is 2.67. The van der Waals surface area contributed by atoms with Crippen LogP contribution in [0.25, 0.3) is 0 Å². The molecule has 14 heavy (non-hydrogen) atoms. The third-order valence-electron chi connectivity index (χ3n) is 1.89. The van der Waals surface area contributed by atoms with Crippen molar-refractivity contribution in [2.45, 2.75) is 13.3 Å². The molecule has 1 aromatic heterocycles. The molecule has 0 aliphatic carbocycles. The average molecular weight is 188 g/mol. The van der Waals surface area contributed by atoms with Crippen LogP contribution in [0.3, 0.4) is 0 Å². The number of rotatable bonds is 1. The molecule has 0 unspecified atom stereocenters. The van der Waals surface area contributed by atoms with E-state index in [9.17, 15) is 0 Å². The van der Waals surface area contributed by atoms with Gasteiger partial charge in [-0.05, 0) is 12.0 Å². The van der Waals surface area contributed by atoms with Crippen LogP contribution < -0.4 is 0 Å². The van der Waals surface area contributed by atoms with Crippen LogP contribution in [0, 0.1) is 0 Å². The molecule has 2 nitrogen and oxygen atoms in total. The normalized spacial score (nSPS) is 9.00. The maximum Gasteiger partial charge on any atom is 0.0943 e. The number of hydrogen-bond donors (Lipinski definition) is 0. The Bertz CT molecular complexity index is 324. The molecule has 2 aromatic rings. The van der Waals surface area contributed by atoms with Gasteiger partial charge in [0.1, 0.15) is 0 Å². The van der Waals surface area contributed by atoms with E-state index in [0.717, 1.165) is 6.42 Å². The van der Waals surface area contributed by atoms with Crippen molar-refractivity contribution >= 4 is 0 Å². The fraction of sp³-hybridized carbons (Fsp3) is 0.250. The molecule has 0 bridgehead atoms. The lowest BCUT2D eigenvalue weighted by molar-refractivity contribution is 0.913. The van der Waals surface area contributed by atoms with Gasteiger partial charge >= 0.3 is 0 Å². The summed E-state index contributed by atoms with van der Waals surface area (Å²) in [6.07, 6.45) is 6.53. The molecule has 0 N–H and O–H groups in total. The van der Waals surface area contributed by atoms with Gasteiger partial charge in [-0.2, -0.15) is 0 Å². The molecule has 0 amide bonds. The Morgan fingerprint density at radius 3 is 2.21 bits per heavy atom. The third-order valence-corrected chi connectivity index (χ3v) is 1.89. The SMILES string of the molecule is CCc1ccccc1.Cn1ccnc1. The van der Waals surface area contributed by atoms with Gasteiger partial charge in [-0.1, -0.05) is 37.3 Å². The summed E-state index contributed by atoms with van der Waals surface area (Å²) < 4.78 is 1.89. The number of benzene rings is 1. The van der Waals surface area contributed by atoms with E-state index in [1.807, 2.05) is 23.9 Å². The first kappa shape index (κ1) is 10.5. The van der Waals surface area contributed by atoms with Crippen molar-refractivity contribution in [3.05, 3.63) is 54.6 Å². The Hall–Kier alpha value is -1.57. The molecule has 74 valence electrons. The predicted molar refractivity (Wildman–Crippen MR) is 59.0 cm³/mol. The summed E-state index contributed by atoms with van der Waals surface area (Å²) in [4.78, 5) is 3.78. The van der Waals surface area contributed by atoms with Crippen molar-refractivity contribution in [3.8, 4) is 0 Å². The minimum Gasteiger partial charge on any atom is -0.341 e. The number of imidazole rings is 1. The van der Waals surface area contributed by atoms with E-state index in [4.69, 9.17) is 0 Å². The summed E-state index contributed by atoms with van der Waals surface area (Å²) in [5.41, 5.74) is 1.41. The van der Waals surface area contributed by atoms with Gasteiger partial charge in [-0.3, -0.25) is 0 Å². The van der Waals surface area contributed by atoms with E-state index >= 15 is 0 Å². The standard InChI is InChI=1S/C8H10.C4H6N2/c1-2-8-6-4-3-5-7-8;1-6-3-2-5-4-6/h3-7H,2H2,1H3;2-4H,1H3. The van der Waals surface area contributed by atoms with E-state index in [-0.39, 0.29) is 0 Å². The van der Waals surface area contributed by atoms with Gasteiger partial charge in [-0.15, -0.1) is 0 Å². The lowest BCUT2D eigenvalue weighted by Gasteiger charge is -1.89. The van der Waals surface area contributed by atoms with Gasteiger partial charge in [0.25, 0.3) is 0 Å². The molecule has 0 spiro atoms. The molecule has 0 aliphatic rings. The highest BCUT2D eigenvalue weighted by Crippen LogP contribution is 1.96. The quantitative estimate of drug-likeness (QED) is 0.672. The first-order valence-electron chi connectivity index (χ1n) is 4.78. The van der Waals surface area contributed by atoms with Gasteiger partial charge in [0, 0.05) is 19.4 Å². The van der Waals surface area contributed by atoms with E-state index < -0.39 is 0 Å². The molecule has 0 aliphatic heterocycles. The minimum absolute atomic E-state index is 1.14. The molecule has 2 heteroatoms. The Labute approximate surface area is 85.2 Å². The lowest BCUT2D eigenvalue weighted by Crippen LogP contribution is -1.76. The van der Waals surface area contributed by atoms with Crippen molar-refractivity contribution in [3.63, 3.8) is 0 Å². The highest BCUT2D eigenvalue weighted by Gasteiger charge is 1.79. The van der Waals surface area contributed by atoms with Crippen LogP contribution in [-0.2, 0) is 13.5 Å². The molecule has 0 saturated heterocycles. The second-order valence-electron chi connectivity index (χ2n) is 3.07. The van der Waals surface area contributed by atoms with Crippen molar-refractivity contribution in [2.75, 3.05) is 0 Å². The van der Waals surface area contributed by atoms with Crippen LogP contribution in [0.15, 0.2) is 49.1 Å². The zero-order chi connectivity index (χ0) is 10.2. The molecule has 2 rings (SSSR count). The summed E-state index contributed by atoms with van der Waals surface area (Å²) in [6.45, 7) is 2.16. The number of aromatic nitrogens is 2. The summed E-state index contributed by atoms with van der Waals surface area (Å²) in [5.74, 6) is 0. The largest absolute Gasteiger partial charge is 0.341 e. The lowest BCUT2D eigenvalue weighted by atomic mass is 10.2. The Morgan fingerprint density at radius 1 is 1.21 bits per heavy atom. The van der Waals surface area contributed by atoms with E-state index in [2.05, 4.69) is 36.2 Å². The van der Waals surface area contributed by atoms with Gasteiger partial charge in [0.2, 0.25) is 0 Å². The fourth-order valence-electron chi connectivity index (χ4n) is 1.04. The van der Waals surface area contributed by atoms with Crippen molar-refractivity contribution in [1.82, 2.24) is 9.55 Å². The Kier molecular flexibility index (Phi) is 4.48. The molecule has 1 aromatic carbocycles. The average Bonchev–Trinajstić information content (AvgIpc) is 2.71. The third kappa shape index (κ3) is 3.90. The molecule has 0 radical (unpaired) electrons. The summed E-state index contributed by atoms with van der Waals surface area (Å²) in [7, 11) is 1.94. The van der Waals surface area contributed by atoms with E-state index in [1.165, 1.54) is 5.56 Å². The minimum atomic E-state index is 1.14. The summed E-state index contributed by atoms with van der Waals surface area (Å²) >= 11 is 0. The Morgan fingerprint density at radius 2 is 1.93 bits per heavy atom. The zero-order valence-electron chi connectivity index (χ0n) is 8.72. The van der Waals surface area contributed by atoms with Crippen molar-refractivity contribution in [2.24, 2.45) is 7.05 Å².